The van der Waals surface area contributed by atoms with Crippen molar-refractivity contribution in [2.24, 2.45) is 0 Å². The van der Waals surface area contributed by atoms with E-state index in [2.05, 4.69) is 73.4 Å². The van der Waals surface area contributed by atoms with Crippen LogP contribution in [0.4, 0.5) is 0 Å². The van der Waals surface area contributed by atoms with E-state index in [1.54, 1.807) is 6.07 Å². The summed E-state index contributed by atoms with van der Waals surface area (Å²) in [4.78, 5) is 2.50. The molecule has 0 aromatic heterocycles. The Morgan fingerprint density at radius 2 is 1.82 bits per heavy atom. The minimum Gasteiger partial charge on any atom is -0.508 e. The molecule has 2 aromatic rings. The van der Waals surface area contributed by atoms with Crippen molar-refractivity contribution >= 4 is 11.1 Å². The topological polar surface area (TPSA) is 43.7 Å². The van der Waals surface area contributed by atoms with Crippen molar-refractivity contribution in [1.82, 2.24) is 4.90 Å². The predicted molar refractivity (Wildman–Crippen MR) is 143 cm³/mol. The number of hydrogen-bond donors (Lipinski definition) is 2. The fourth-order valence-electron chi connectivity index (χ4n) is 4.95. The molecule has 2 aromatic carbocycles. The van der Waals surface area contributed by atoms with Gasteiger partial charge < -0.3 is 10.2 Å². The molecule has 0 bridgehead atoms. The molecule has 1 aliphatic carbocycles. The van der Waals surface area contributed by atoms with E-state index in [4.69, 9.17) is 0 Å². The number of aliphatic hydroxyl groups excluding tert-OH is 1. The highest BCUT2D eigenvalue weighted by Gasteiger charge is 2.18. The number of allylic oxidation sites excluding steroid dienone is 5. The second-order valence-electron chi connectivity index (χ2n) is 9.52. The zero-order valence-corrected chi connectivity index (χ0v) is 20.5. The third kappa shape index (κ3) is 5.78. The zero-order chi connectivity index (χ0) is 23.9. The molecule has 2 N–H and O–H groups in total. The SMILES string of the molecule is CC(C)N1CC=C(c2ccc(/C(=C(/CCCO)C3=CCCC=C3)c3cccc(O)c3)cc2)CC1. The predicted octanol–water partition coefficient (Wildman–Crippen LogP) is 6.74. The lowest BCUT2D eigenvalue weighted by molar-refractivity contribution is 0.245. The van der Waals surface area contributed by atoms with E-state index < -0.39 is 0 Å². The lowest BCUT2D eigenvalue weighted by atomic mass is 9.85. The number of phenolic OH excluding ortho intramolecular Hbond substituents is 1. The van der Waals surface area contributed by atoms with Gasteiger partial charge in [0.05, 0.1) is 0 Å². The lowest BCUT2D eigenvalue weighted by Gasteiger charge is -2.29. The molecule has 0 amide bonds. The molecule has 0 radical (unpaired) electrons. The normalized spacial score (nSPS) is 17.4. The number of aromatic hydroxyl groups is 1. The van der Waals surface area contributed by atoms with Crippen molar-refractivity contribution in [2.45, 2.75) is 52.0 Å². The standard InChI is InChI=1S/C31H37NO2/c1-23(2)32-19-17-25(18-20-32)24-13-15-27(16-14-24)31(28-10-6-11-29(34)22-28)30(12-7-21-33)26-8-4-3-5-9-26/h4,6,8-11,13-17,22-23,33-34H,3,5,7,12,18-21H2,1-2H3/b31-30+. The number of phenols is 1. The average molecular weight is 456 g/mol. The van der Waals surface area contributed by atoms with E-state index in [1.165, 1.54) is 22.3 Å². The van der Waals surface area contributed by atoms with Gasteiger partial charge in [0.25, 0.3) is 0 Å². The molecule has 1 heterocycles. The Balaban J connectivity index is 1.76. The number of rotatable bonds is 8. The third-order valence-electron chi connectivity index (χ3n) is 6.88. The molecule has 0 atom stereocenters. The van der Waals surface area contributed by atoms with Crippen molar-refractivity contribution in [2.75, 3.05) is 19.7 Å². The van der Waals surface area contributed by atoms with Crippen LogP contribution in [0.15, 0.2) is 84.0 Å². The van der Waals surface area contributed by atoms with E-state index in [-0.39, 0.29) is 12.4 Å². The first-order valence-corrected chi connectivity index (χ1v) is 12.6. The van der Waals surface area contributed by atoms with E-state index in [0.717, 1.165) is 55.5 Å². The summed E-state index contributed by atoms with van der Waals surface area (Å²) in [6.45, 7) is 6.79. The van der Waals surface area contributed by atoms with Gasteiger partial charge >= 0.3 is 0 Å². The zero-order valence-electron chi connectivity index (χ0n) is 20.5. The first-order valence-electron chi connectivity index (χ1n) is 12.6. The summed E-state index contributed by atoms with van der Waals surface area (Å²) in [6, 6.07) is 17.0. The molecule has 34 heavy (non-hydrogen) atoms. The van der Waals surface area contributed by atoms with Crippen LogP contribution in [0.1, 0.15) is 62.6 Å². The number of benzene rings is 2. The summed E-state index contributed by atoms with van der Waals surface area (Å²) in [7, 11) is 0. The molecule has 4 rings (SSSR count). The van der Waals surface area contributed by atoms with Crippen molar-refractivity contribution in [3.63, 3.8) is 0 Å². The minimum absolute atomic E-state index is 0.161. The van der Waals surface area contributed by atoms with Crippen LogP contribution >= 0.6 is 0 Å². The summed E-state index contributed by atoms with van der Waals surface area (Å²) in [5.41, 5.74) is 8.45. The Morgan fingerprint density at radius 1 is 1.00 bits per heavy atom. The Labute approximate surface area is 204 Å². The molecule has 0 fully saturated rings. The highest BCUT2D eigenvalue weighted by molar-refractivity contribution is 5.86. The second kappa shape index (κ2) is 11.5. The van der Waals surface area contributed by atoms with Crippen LogP contribution in [0.5, 0.6) is 5.75 Å². The van der Waals surface area contributed by atoms with Gasteiger partial charge in [-0.05, 0) is 97.1 Å². The second-order valence-corrected chi connectivity index (χ2v) is 9.52. The highest BCUT2D eigenvalue weighted by Crippen LogP contribution is 2.36. The lowest BCUT2D eigenvalue weighted by Crippen LogP contribution is -2.34. The van der Waals surface area contributed by atoms with Gasteiger partial charge in [-0.3, -0.25) is 4.90 Å². The Hall–Kier alpha value is -2.88. The summed E-state index contributed by atoms with van der Waals surface area (Å²) in [5, 5.41) is 19.9. The quantitative estimate of drug-likeness (QED) is 0.463. The van der Waals surface area contributed by atoms with E-state index in [1.807, 2.05) is 12.1 Å². The molecule has 0 saturated carbocycles. The van der Waals surface area contributed by atoms with Gasteiger partial charge in [-0.15, -0.1) is 0 Å². The minimum atomic E-state index is 0.161. The molecule has 0 saturated heterocycles. The van der Waals surface area contributed by atoms with Crippen LogP contribution in [0, 0.1) is 0 Å². The molecule has 3 heteroatoms. The van der Waals surface area contributed by atoms with Gasteiger partial charge in [-0.2, -0.15) is 0 Å². The van der Waals surface area contributed by atoms with Crippen LogP contribution in [-0.4, -0.2) is 40.9 Å². The van der Waals surface area contributed by atoms with E-state index in [0.29, 0.717) is 12.5 Å². The van der Waals surface area contributed by atoms with Gasteiger partial charge in [0.1, 0.15) is 5.75 Å². The van der Waals surface area contributed by atoms with Crippen LogP contribution in [-0.2, 0) is 0 Å². The third-order valence-corrected chi connectivity index (χ3v) is 6.88. The number of nitrogens with zero attached hydrogens (tertiary/aromatic N) is 1. The van der Waals surface area contributed by atoms with Crippen molar-refractivity contribution < 1.29 is 10.2 Å². The Morgan fingerprint density at radius 3 is 2.44 bits per heavy atom. The van der Waals surface area contributed by atoms with Crippen molar-refractivity contribution in [3.8, 4) is 5.75 Å². The van der Waals surface area contributed by atoms with Crippen LogP contribution in [0.3, 0.4) is 0 Å². The summed E-state index contributed by atoms with van der Waals surface area (Å²) in [5.74, 6) is 0.267. The van der Waals surface area contributed by atoms with Gasteiger partial charge in [-0.1, -0.05) is 60.7 Å². The van der Waals surface area contributed by atoms with Gasteiger partial charge in [0.15, 0.2) is 0 Å². The molecule has 178 valence electrons. The van der Waals surface area contributed by atoms with Gasteiger partial charge in [0.2, 0.25) is 0 Å². The van der Waals surface area contributed by atoms with Crippen LogP contribution < -0.4 is 0 Å². The van der Waals surface area contributed by atoms with Gasteiger partial charge in [0, 0.05) is 25.7 Å². The van der Waals surface area contributed by atoms with Crippen LogP contribution in [0.25, 0.3) is 11.1 Å². The van der Waals surface area contributed by atoms with Crippen molar-refractivity contribution in [1.29, 1.82) is 0 Å². The summed E-state index contributed by atoms with van der Waals surface area (Å²) in [6.07, 6.45) is 13.8. The van der Waals surface area contributed by atoms with Gasteiger partial charge in [-0.25, -0.2) is 0 Å². The fourth-order valence-corrected chi connectivity index (χ4v) is 4.95. The molecular weight excluding hydrogens is 418 g/mol. The fraction of sp³-hybridized carbons (Fsp3) is 0.355. The maximum absolute atomic E-state index is 10.2. The number of aliphatic hydroxyl groups is 1. The first kappa shape index (κ1) is 24.3. The maximum atomic E-state index is 10.2. The molecule has 0 unspecified atom stereocenters. The molecular formula is C31H37NO2. The average Bonchev–Trinajstić information content (AvgIpc) is 2.87. The molecule has 0 spiro atoms. The monoisotopic (exact) mass is 455 g/mol. The maximum Gasteiger partial charge on any atom is 0.116 e. The van der Waals surface area contributed by atoms with E-state index in [9.17, 15) is 10.2 Å². The van der Waals surface area contributed by atoms with Crippen molar-refractivity contribution in [3.05, 3.63) is 101 Å². The summed E-state index contributed by atoms with van der Waals surface area (Å²) >= 11 is 0. The molecule has 3 nitrogen and oxygen atoms in total. The first-order chi connectivity index (χ1) is 16.6. The molecule has 1 aliphatic heterocycles. The molecule has 2 aliphatic rings. The number of hydrogen-bond acceptors (Lipinski definition) is 3. The van der Waals surface area contributed by atoms with Crippen LogP contribution in [0.2, 0.25) is 0 Å². The highest BCUT2D eigenvalue weighted by atomic mass is 16.3. The Bertz CT molecular complexity index is 1100. The van der Waals surface area contributed by atoms with E-state index >= 15 is 0 Å². The smallest absolute Gasteiger partial charge is 0.116 e. The summed E-state index contributed by atoms with van der Waals surface area (Å²) < 4.78 is 0. The largest absolute Gasteiger partial charge is 0.508 e. The Kier molecular flexibility index (Phi) is 8.21.